The van der Waals surface area contributed by atoms with Crippen LogP contribution >= 0.6 is 0 Å². The summed E-state index contributed by atoms with van der Waals surface area (Å²) in [4.78, 5) is 12.1. The first kappa shape index (κ1) is 14.9. The van der Waals surface area contributed by atoms with Crippen LogP contribution in [-0.2, 0) is 11.2 Å². The minimum absolute atomic E-state index is 0.0796. The van der Waals surface area contributed by atoms with Gasteiger partial charge in [0.05, 0.1) is 6.04 Å². The number of hydrogen-bond acceptors (Lipinski definition) is 3. The van der Waals surface area contributed by atoms with Crippen molar-refractivity contribution in [2.45, 2.75) is 45.2 Å². The van der Waals surface area contributed by atoms with Crippen LogP contribution in [0.3, 0.4) is 0 Å². The summed E-state index contributed by atoms with van der Waals surface area (Å²) in [5, 5.41) is 12.3. The van der Waals surface area contributed by atoms with Crippen LogP contribution in [0.1, 0.15) is 32.3 Å². The van der Waals surface area contributed by atoms with Crippen LogP contribution in [0.4, 0.5) is 0 Å². The molecule has 2 rings (SSSR count). The number of amides is 1. The highest BCUT2D eigenvalue weighted by molar-refractivity contribution is 5.82. The molecule has 110 valence electrons. The fourth-order valence-electron chi connectivity index (χ4n) is 2.84. The van der Waals surface area contributed by atoms with Crippen molar-refractivity contribution in [2.24, 2.45) is 17.6 Å². The van der Waals surface area contributed by atoms with Crippen LogP contribution in [0, 0.1) is 11.8 Å². The second-order valence-electron chi connectivity index (χ2n) is 6.01. The summed E-state index contributed by atoms with van der Waals surface area (Å²) < 4.78 is 0. The largest absolute Gasteiger partial charge is 0.508 e. The molecule has 4 heteroatoms. The van der Waals surface area contributed by atoms with E-state index in [2.05, 4.69) is 19.2 Å². The molecule has 4 unspecified atom stereocenters. The molecule has 0 bridgehead atoms. The molecule has 4 atom stereocenters. The summed E-state index contributed by atoms with van der Waals surface area (Å²) in [6.45, 7) is 4.42. The maximum atomic E-state index is 12.1. The second kappa shape index (κ2) is 6.27. The summed E-state index contributed by atoms with van der Waals surface area (Å²) in [5.41, 5.74) is 6.93. The molecule has 1 aromatic rings. The molecule has 1 saturated carbocycles. The first-order chi connectivity index (χ1) is 9.47. The number of nitrogens with one attached hydrogen (secondary N) is 1. The Morgan fingerprint density at radius 2 is 2.00 bits per heavy atom. The maximum absolute atomic E-state index is 12.1. The molecule has 1 aromatic carbocycles. The van der Waals surface area contributed by atoms with E-state index in [0.717, 1.165) is 12.0 Å². The van der Waals surface area contributed by atoms with E-state index in [1.54, 1.807) is 24.3 Å². The molecule has 4 N–H and O–H groups in total. The fourth-order valence-corrected chi connectivity index (χ4v) is 2.84. The minimum atomic E-state index is -0.539. The van der Waals surface area contributed by atoms with Gasteiger partial charge in [-0.3, -0.25) is 4.79 Å². The Bertz CT molecular complexity index is 458. The van der Waals surface area contributed by atoms with E-state index < -0.39 is 6.04 Å². The van der Waals surface area contributed by atoms with Crippen molar-refractivity contribution >= 4 is 5.91 Å². The fraction of sp³-hybridized carbons (Fsp3) is 0.562. The zero-order chi connectivity index (χ0) is 14.7. The number of carbonyl (C=O) groups excluding carboxylic acids is 1. The molecule has 0 aromatic heterocycles. The topological polar surface area (TPSA) is 75.4 Å². The number of carbonyl (C=O) groups is 1. The number of hydrogen-bond donors (Lipinski definition) is 3. The average molecular weight is 276 g/mol. The molecule has 0 spiro atoms. The third-order valence-corrected chi connectivity index (χ3v) is 4.52. The average Bonchev–Trinajstić information content (AvgIpc) is 2.73. The molecule has 1 aliphatic rings. The Balaban J connectivity index is 1.87. The lowest BCUT2D eigenvalue weighted by atomic mass is 9.97. The van der Waals surface area contributed by atoms with Gasteiger partial charge in [0.25, 0.3) is 0 Å². The van der Waals surface area contributed by atoms with Gasteiger partial charge in [0.1, 0.15) is 5.75 Å². The SMILES string of the molecule is CC1CCC(NC(=O)C(N)Cc2ccc(O)cc2)C1C. The van der Waals surface area contributed by atoms with Crippen molar-refractivity contribution < 1.29 is 9.90 Å². The van der Waals surface area contributed by atoms with Crippen LogP contribution in [0.5, 0.6) is 5.75 Å². The van der Waals surface area contributed by atoms with Crippen molar-refractivity contribution in [1.29, 1.82) is 0 Å². The molecule has 1 aliphatic carbocycles. The standard InChI is InChI=1S/C16H24N2O2/c1-10-3-8-15(11(10)2)18-16(20)14(17)9-12-4-6-13(19)7-5-12/h4-7,10-11,14-15,19H,3,8-9,17H2,1-2H3,(H,18,20). The van der Waals surface area contributed by atoms with E-state index in [1.807, 2.05) is 0 Å². The zero-order valence-electron chi connectivity index (χ0n) is 12.2. The molecule has 0 saturated heterocycles. The lowest BCUT2D eigenvalue weighted by Gasteiger charge is -2.22. The quantitative estimate of drug-likeness (QED) is 0.785. The van der Waals surface area contributed by atoms with Gasteiger partial charge in [-0.25, -0.2) is 0 Å². The van der Waals surface area contributed by atoms with E-state index in [-0.39, 0.29) is 17.7 Å². The highest BCUT2D eigenvalue weighted by atomic mass is 16.3. The summed E-state index contributed by atoms with van der Waals surface area (Å²) in [6, 6.07) is 6.53. The predicted octanol–water partition coefficient (Wildman–Crippen LogP) is 1.81. The first-order valence-corrected chi connectivity index (χ1v) is 7.31. The van der Waals surface area contributed by atoms with E-state index >= 15 is 0 Å². The summed E-state index contributed by atoms with van der Waals surface area (Å²) in [5.74, 6) is 1.32. The van der Waals surface area contributed by atoms with Gasteiger partial charge in [-0.2, -0.15) is 0 Å². The summed E-state index contributed by atoms with van der Waals surface area (Å²) in [6.07, 6.45) is 2.70. The number of benzene rings is 1. The monoisotopic (exact) mass is 276 g/mol. The lowest BCUT2D eigenvalue weighted by molar-refractivity contribution is -0.123. The van der Waals surface area contributed by atoms with Crippen LogP contribution in [0.2, 0.25) is 0 Å². The Hall–Kier alpha value is -1.55. The van der Waals surface area contributed by atoms with Gasteiger partial charge in [0.2, 0.25) is 5.91 Å². The van der Waals surface area contributed by atoms with Crippen LogP contribution in [0.25, 0.3) is 0 Å². The van der Waals surface area contributed by atoms with Gasteiger partial charge in [0, 0.05) is 6.04 Å². The van der Waals surface area contributed by atoms with Gasteiger partial charge in [-0.1, -0.05) is 26.0 Å². The van der Waals surface area contributed by atoms with Crippen molar-refractivity contribution in [3.63, 3.8) is 0 Å². The van der Waals surface area contributed by atoms with Crippen LogP contribution < -0.4 is 11.1 Å². The summed E-state index contributed by atoms with van der Waals surface area (Å²) in [7, 11) is 0. The van der Waals surface area contributed by atoms with Crippen molar-refractivity contribution in [3.05, 3.63) is 29.8 Å². The smallest absolute Gasteiger partial charge is 0.237 e. The number of nitrogens with two attached hydrogens (primary N) is 1. The lowest BCUT2D eigenvalue weighted by Crippen LogP contribution is -2.47. The van der Waals surface area contributed by atoms with Gasteiger partial charge in [-0.15, -0.1) is 0 Å². The third-order valence-electron chi connectivity index (χ3n) is 4.52. The van der Waals surface area contributed by atoms with Gasteiger partial charge in [-0.05, 0) is 48.8 Å². The molecular weight excluding hydrogens is 252 g/mol. The molecule has 1 fully saturated rings. The highest BCUT2D eigenvalue weighted by Crippen LogP contribution is 2.31. The summed E-state index contributed by atoms with van der Waals surface area (Å²) >= 11 is 0. The zero-order valence-corrected chi connectivity index (χ0v) is 12.2. The van der Waals surface area contributed by atoms with Crippen LogP contribution in [0.15, 0.2) is 24.3 Å². The van der Waals surface area contributed by atoms with E-state index in [1.165, 1.54) is 6.42 Å². The van der Waals surface area contributed by atoms with Gasteiger partial charge < -0.3 is 16.2 Å². The number of aromatic hydroxyl groups is 1. The Morgan fingerprint density at radius 3 is 2.55 bits per heavy atom. The second-order valence-corrected chi connectivity index (χ2v) is 6.01. The number of phenolic OH excluding ortho intramolecular Hbond substituents is 1. The number of phenols is 1. The van der Waals surface area contributed by atoms with E-state index in [0.29, 0.717) is 18.3 Å². The van der Waals surface area contributed by atoms with Gasteiger partial charge >= 0.3 is 0 Å². The van der Waals surface area contributed by atoms with Crippen molar-refractivity contribution in [2.75, 3.05) is 0 Å². The Labute approximate surface area is 120 Å². The Kier molecular flexibility index (Phi) is 4.65. The molecular formula is C16H24N2O2. The highest BCUT2D eigenvalue weighted by Gasteiger charge is 2.31. The molecule has 0 heterocycles. The van der Waals surface area contributed by atoms with E-state index in [9.17, 15) is 9.90 Å². The van der Waals surface area contributed by atoms with Crippen molar-refractivity contribution in [3.8, 4) is 5.75 Å². The molecule has 4 nitrogen and oxygen atoms in total. The van der Waals surface area contributed by atoms with Crippen LogP contribution in [-0.4, -0.2) is 23.1 Å². The molecule has 20 heavy (non-hydrogen) atoms. The normalized spacial score (nSPS) is 27.2. The third kappa shape index (κ3) is 3.51. The molecule has 0 aliphatic heterocycles. The van der Waals surface area contributed by atoms with Gasteiger partial charge in [0.15, 0.2) is 0 Å². The number of rotatable bonds is 4. The first-order valence-electron chi connectivity index (χ1n) is 7.31. The predicted molar refractivity (Wildman–Crippen MR) is 79.3 cm³/mol. The maximum Gasteiger partial charge on any atom is 0.237 e. The molecule has 1 amide bonds. The molecule has 0 radical (unpaired) electrons. The Morgan fingerprint density at radius 1 is 1.35 bits per heavy atom. The van der Waals surface area contributed by atoms with E-state index in [4.69, 9.17) is 5.73 Å². The van der Waals surface area contributed by atoms with Crippen molar-refractivity contribution in [1.82, 2.24) is 5.32 Å². The minimum Gasteiger partial charge on any atom is -0.508 e.